The van der Waals surface area contributed by atoms with Gasteiger partial charge in [-0.15, -0.1) is 0 Å². The van der Waals surface area contributed by atoms with Gasteiger partial charge in [0, 0.05) is 6.54 Å². The molecule has 0 bridgehead atoms. The third kappa shape index (κ3) is 5.83. The van der Waals surface area contributed by atoms with Gasteiger partial charge in [0.05, 0.1) is 11.2 Å². The van der Waals surface area contributed by atoms with Crippen LogP contribution in [0.2, 0.25) is 0 Å². The molecular formula is C14H27NO3. The Kier molecular flexibility index (Phi) is 5.17. The molecule has 1 aliphatic rings. The van der Waals surface area contributed by atoms with Crippen molar-refractivity contribution < 1.29 is 14.6 Å². The number of amides is 1. The van der Waals surface area contributed by atoms with Crippen molar-refractivity contribution in [3.63, 3.8) is 0 Å². The lowest BCUT2D eigenvalue weighted by Crippen LogP contribution is -2.47. The van der Waals surface area contributed by atoms with Gasteiger partial charge < -0.3 is 15.2 Å². The fourth-order valence-electron chi connectivity index (χ4n) is 2.39. The molecule has 0 radical (unpaired) electrons. The predicted molar refractivity (Wildman–Crippen MR) is 71.3 cm³/mol. The van der Waals surface area contributed by atoms with E-state index in [2.05, 4.69) is 12.2 Å². The van der Waals surface area contributed by atoms with E-state index in [0.717, 1.165) is 19.3 Å². The zero-order valence-corrected chi connectivity index (χ0v) is 12.1. The smallest absolute Gasteiger partial charge is 0.246 e. The van der Waals surface area contributed by atoms with Crippen LogP contribution in [0.15, 0.2) is 0 Å². The van der Waals surface area contributed by atoms with E-state index in [1.54, 1.807) is 0 Å². The third-order valence-electron chi connectivity index (χ3n) is 3.32. The van der Waals surface area contributed by atoms with E-state index in [1.165, 1.54) is 6.42 Å². The van der Waals surface area contributed by atoms with Crippen molar-refractivity contribution in [3.8, 4) is 0 Å². The van der Waals surface area contributed by atoms with Crippen molar-refractivity contribution in [2.75, 3.05) is 13.2 Å². The standard InChI is InChI=1S/C14H27NO3/c1-11-6-5-7-14(17,8-11)10-15-12(16)9-18-13(2,3)4/h11,17H,5-10H2,1-4H3,(H,15,16). The molecule has 4 heteroatoms. The summed E-state index contributed by atoms with van der Waals surface area (Å²) in [4.78, 5) is 11.6. The van der Waals surface area contributed by atoms with Crippen molar-refractivity contribution in [2.45, 2.75) is 64.6 Å². The molecule has 0 spiro atoms. The highest BCUT2D eigenvalue weighted by Gasteiger charge is 2.32. The lowest BCUT2D eigenvalue weighted by molar-refractivity contribution is -0.132. The first-order valence-electron chi connectivity index (χ1n) is 6.83. The molecular weight excluding hydrogens is 230 g/mol. The Morgan fingerprint density at radius 2 is 2.17 bits per heavy atom. The second-order valence-corrected chi connectivity index (χ2v) is 6.60. The van der Waals surface area contributed by atoms with Gasteiger partial charge in [-0.2, -0.15) is 0 Å². The summed E-state index contributed by atoms with van der Waals surface area (Å²) in [6, 6.07) is 0. The maximum absolute atomic E-state index is 11.6. The van der Waals surface area contributed by atoms with Gasteiger partial charge in [-0.1, -0.05) is 19.8 Å². The van der Waals surface area contributed by atoms with Crippen LogP contribution >= 0.6 is 0 Å². The minimum absolute atomic E-state index is 0.0507. The summed E-state index contributed by atoms with van der Waals surface area (Å²) in [5.41, 5.74) is -1.04. The Bertz CT molecular complexity index is 285. The number of nitrogens with one attached hydrogen (secondary N) is 1. The van der Waals surface area contributed by atoms with Gasteiger partial charge in [0.25, 0.3) is 0 Å². The number of ether oxygens (including phenoxy) is 1. The second kappa shape index (κ2) is 6.02. The molecule has 0 saturated heterocycles. The minimum Gasteiger partial charge on any atom is -0.388 e. The van der Waals surface area contributed by atoms with Crippen molar-refractivity contribution in [3.05, 3.63) is 0 Å². The van der Waals surface area contributed by atoms with Crippen LogP contribution in [0.25, 0.3) is 0 Å². The highest BCUT2D eigenvalue weighted by Crippen LogP contribution is 2.31. The summed E-state index contributed by atoms with van der Waals surface area (Å²) >= 11 is 0. The molecule has 0 heterocycles. The van der Waals surface area contributed by atoms with Crippen molar-refractivity contribution in [1.82, 2.24) is 5.32 Å². The second-order valence-electron chi connectivity index (χ2n) is 6.60. The number of rotatable bonds is 4. The van der Waals surface area contributed by atoms with E-state index in [1.807, 2.05) is 20.8 Å². The average Bonchev–Trinajstić information content (AvgIpc) is 2.22. The molecule has 1 aliphatic carbocycles. The monoisotopic (exact) mass is 257 g/mol. The molecule has 18 heavy (non-hydrogen) atoms. The molecule has 0 aromatic rings. The fourth-order valence-corrected chi connectivity index (χ4v) is 2.39. The number of aliphatic hydroxyl groups is 1. The van der Waals surface area contributed by atoms with E-state index < -0.39 is 5.60 Å². The SMILES string of the molecule is CC1CCCC(O)(CNC(=O)COC(C)(C)C)C1. The topological polar surface area (TPSA) is 58.6 Å². The summed E-state index contributed by atoms with van der Waals surface area (Å²) < 4.78 is 5.39. The molecule has 1 amide bonds. The van der Waals surface area contributed by atoms with Gasteiger partial charge in [0.2, 0.25) is 5.91 Å². The normalized spacial score (nSPS) is 29.1. The van der Waals surface area contributed by atoms with Gasteiger partial charge >= 0.3 is 0 Å². The van der Waals surface area contributed by atoms with Crippen LogP contribution in [0.3, 0.4) is 0 Å². The number of carbonyl (C=O) groups excluding carboxylic acids is 1. The van der Waals surface area contributed by atoms with Crippen LogP contribution in [-0.4, -0.2) is 35.4 Å². The number of carbonyl (C=O) groups is 1. The first-order chi connectivity index (χ1) is 8.20. The molecule has 0 aromatic heterocycles. The summed E-state index contributed by atoms with van der Waals surface area (Å²) in [6.07, 6.45) is 3.75. The van der Waals surface area contributed by atoms with Crippen LogP contribution in [0.5, 0.6) is 0 Å². The van der Waals surface area contributed by atoms with Crippen LogP contribution in [0, 0.1) is 5.92 Å². The van der Waals surface area contributed by atoms with Gasteiger partial charge in [-0.05, 0) is 39.5 Å². The van der Waals surface area contributed by atoms with E-state index in [0.29, 0.717) is 12.5 Å². The van der Waals surface area contributed by atoms with E-state index in [9.17, 15) is 9.90 Å². The highest BCUT2D eigenvalue weighted by atomic mass is 16.5. The van der Waals surface area contributed by atoms with Crippen molar-refractivity contribution >= 4 is 5.91 Å². The number of hydrogen-bond acceptors (Lipinski definition) is 3. The van der Waals surface area contributed by atoms with Crippen molar-refractivity contribution in [2.24, 2.45) is 5.92 Å². The average molecular weight is 257 g/mol. The van der Waals surface area contributed by atoms with Gasteiger partial charge in [-0.3, -0.25) is 4.79 Å². The fraction of sp³-hybridized carbons (Fsp3) is 0.929. The Morgan fingerprint density at radius 1 is 1.50 bits per heavy atom. The van der Waals surface area contributed by atoms with Gasteiger partial charge in [-0.25, -0.2) is 0 Å². The Morgan fingerprint density at radius 3 is 2.72 bits per heavy atom. The highest BCUT2D eigenvalue weighted by molar-refractivity contribution is 5.77. The summed E-state index contributed by atoms with van der Waals surface area (Å²) in [5.74, 6) is 0.378. The maximum atomic E-state index is 11.6. The first kappa shape index (κ1) is 15.4. The largest absolute Gasteiger partial charge is 0.388 e. The minimum atomic E-state index is -0.727. The summed E-state index contributed by atoms with van der Waals surface area (Å²) in [5, 5.41) is 13.1. The molecule has 4 nitrogen and oxygen atoms in total. The third-order valence-corrected chi connectivity index (χ3v) is 3.32. The van der Waals surface area contributed by atoms with E-state index in [4.69, 9.17) is 4.74 Å². The first-order valence-corrected chi connectivity index (χ1v) is 6.83. The molecule has 1 rings (SSSR count). The zero-order chi connectivity index (χ0) is 13.8. The van der Waals surface area contributed by atoms with E-state index in [-0.39, 0.29) is 18.1 Å². The summed E-state index contributed by atoms with van der Waals surface area (Å²) in [6.45, 7) is 8.28. The molecule has 106 valence electrons. The molecule has 2 N–H and O–H groups in total. The van der Waals surface area contributed by atoms with Gasteiger partial charge in [0.15, 0.2) is 0 Å². The quantitative estimate of drug-likeness (QED) is 0.808. The molecule has 2 atom stereocenters. The van der Waals surface area contributed by atoms with Crippen molar-refractivity contribution in [1.29, 1.82) is 0 Å². The van der Waals surface area contributed by atoms with Crippen LogP contribution in [0.1, 0.15) is 53.4 Å². The van der Waals surface area contributed by atoms with Crippen LogP contribution < -0.4 is 5.32 Å². The molecule has 2 unspecified atom stereocenters. The Balaban J connectivity index is 2.29. The van der Waals surface area contributed by atoms with E-state index >= 15 is 0 Å². The zero-order valence-electron chi connectivity index (χ0n) is 12.1. The molecule has 1 saturated carbocycles. The Labute approximate surface area is 110 Å². The molecule has 1 fully saturated rings. The molecule has 0 aromatic carbocycles. The maximum Gasteiger partial charge on any atom is 0.246 e. The lowest BCUT2D eigenvalue weighted by atomic mass is 9.79. The Hall–Kier alpha value is -0.610. The number of hydrogen-bond donors (Lipinski definition) is 2. The lowest BCUT2D eigenvalue weighted by Gasteiger charge is -2.35. The predicted octanol–water partition coefficient (Wildman–Crippen LogP) is 1.86. The molecule has 0 aliphatic heterocycles. The summed E-state index contributed by atoms with van der Waals surface area (Å²) in [7, 11) is 0. The van der Waals surface area contributed by atoms with Crippen LogP contribution in [-0.2, 0) is 9.53 Å². The van der Waals surface area contributed by atoms with Crippen LogP contribution in [0.4, 0.5) is 0 Å². The van der Waals surface area contributed by atoms with Gasteiger partial charge in [0.1, 0.15) is 6.61 Å².